The van der Waals surface area contributed by atoms with Gasteiger partial charge in [-0.05, 0) is 67.3 Å². The summed E-state index contributed by atoms with van der Waals surface area (Å²) in [7, 11) is 1.58. The van der Waals surface area contributed by atoms with Crippen molar-refractivity contribution in [3.8, 4) is 0 Å². The van der Waals surface area contributed by atoms with Crippen LogP contribution in [0.4, 0.5) is 20.2 Å². The lowest BCUT2D eigenvalue weighted by atomic mass is 10.1. The van der Waals surface area contributed by atoms with E-state index < -0.39 is 5.66 Å². The second-order valence-corrected chi connectivity index (χ2v) is 10.7. The van der Waals surface area contributed by atoms with Gasteiger partial charge in [0.1, 0.15) is 5.70 Å². The minimum atomic E-state index is -2.91. The van der Waals surface area contributed by atoms with Crippen molar-refractivity contribution < 1.29 is 13.6 Å². The van der Waals surface area contributed by atoms with Crippen molar-refractivity contribution in [1.82, 2.24) is 10.2 Å². The molecule has 1 saturated heterocycles. The fourth-order valence-corrected chi connectivity index (χ4v) is 4.94. The van der Waals surface area contributed by atoms with Gasteiger partial charge in [0.25, 0.3) is 11.6 Å². The van der Waals surface area contributed by atoms with Crippen molar-refractivity contribution in [3.05, 3.63) is 107 Å². The Morgan fingerprint density at radius 2 is 1.54 bits per heavy atom. The van der Waals surface area contributed by atoms with Crippen LogP contribution in [0.1, 0.15) is 38.3 Å². The van der Waals surface area contributed by atoms with Gasteiger partial charge in [0.15, 0.2) is 0 Å². The van der Waals surface area contributed by atoms with Gasteiger partial charge in [-0.1, -0.05) is 53.1 Å². The number of piperazine rings is 1. The zero-order valence-electron chi connectivity index (χ0n) is 22.9. The molecule has 0 spiro atoms. The molecule has 206 valence electrons. The molecule has 5 nitrogen and oxygen atoms in total. The highest BCUT2D eigenvalue weighted by atomic mass is 31.0. The minimum Gasteiger partial charge on any atom is -0.368 e. The summed E-state index contributed by atoms with van der Waals surface area (Å²) < 4.78 is 27.0. The molecule has 2 heterocycles. The average molecular weight is 551 g/mol. The van der Waals surface area contributed by atoms with E-state index in [-0.39, 0.29) is 11.5 Å². The molecule has 8 heteroatoms. The molecule has 39 heavy (non-hydrogen) atoms. The second-order valence-electron chi connectivity index (χ2n) is 9.98. The smallest absolute Gasteiger partial charge is 0.283 e. The standard InChI is InChI=1S/C31H37F2N4OP/c1-5-22(2)29(37-16-6-7-23(3)24(37)4)30(38)34-21-25-8-12-27(13-9-25)35-17-19-36(20-18-35)28-14-10-26(11-15-28)31(32,33)39/h6-16H,4-5,17-21,39H2,1-3H3,(H,34,38)/b29-22+. The molecule has 1 unspecified atom stereocenters. The summed E-state index contributed by atoms with van der Waals surface area (Å²) in [5.74, 6) is -0.121. The molecule has 1 N–H and O–H groups in total. The summed E-state index contributed by atoms with van der Waals surface area (Å²) in [5.41, 5.74) is 3.66. The zero-order chi connectivity index (χ0) is 28.2. The largest absolute Gasteiger partial charge is 0.368 e. The Morgan fingerprint density at radius 1 is 1.00 bits per heavy atom. The van der Waals surface area contributed by atoms with Gasteiger partial charge in [0.2, 0.25) is 0 Å². The van der Waals surface area contributed by atoms with Gasteiger partial charge >= 0.3 is 0 Å². The molecule has 1 atom stereocenters. The highest BCUT2D eigenvalue weighted by molar-refractivity contribution is 7.17. The lowest BCUT2D eigenvalue weighted by Gasteiger charge is -2.37. The molecule has 0 aliphatic carbocycles. The van der Waals surface area contributed by atoms with Gasteiger partial charge in [0, 0.05) is 61.6 Å². The maximum absolute atomic E-state index is 13.5. The van der Waals surface area contributed by atoms with Crippen LogP contribution in [-0.4, -0.2) is 37.0 Å². The molecular formula is C31H37F2N4OP. The van der Waals surface area contributed by atoms with Gasteiger partial charge in [-0.25, -0.2) is 0 Å². The van der Waals surface area contributed by atoms with Crippen molar-refractivity contribution in [2.24, 2.45) is 0 Å². The van der Waals surface area contributed by atoms with E-state index in [9.17, 15) is 13.6 Å². The van der Waals surface area contributed by atoms with Crippen LogP contribution in [-0.2, 0) is 17.0 Å². The number of nitrogens with one attached hydrogen (secondary N) is 1. The number of nitrogens with zero attached hydrogens (tertiary/aromatic N) is 3. The Labute approximate surface area is 232 Å². The Morgan fingerprint density at radius 3 is 2.05 bits per heavy atom. The Balaban J connectivity index is 1.33. The van der Waals surface area contributed by atoms with E-state index in [0.29, 0.717) is 12.2 Å². The number of rotatable bonds is 8. The average Bonchev–Trinajstić information content (AvgIpc) is 2.94. The van der Waals surface area contributed by atoms with Crippen LogP contribution >= 0.6 is 9.24 Å². The second kappa shape index (κ2) is 12.2. The first-order chi connectivity index (χ1) is 18.6. The number of hydrogen-bond acceptors (Lipinski definition) is 4. The van der Waals surface area contributed by atoms with Crippen LogP contribution in [0.25, 0.3) is 0 Å². The third kappa shape index (κ3) is 6.77. The van der Waals surface area contributed by atoms with Crippen LogP contribution in [0, 0.1) is 0 Å². The van der Waals surface area contributed by atoms with E-state index in [1.165, 1.54) is 12.1 Å². The first-order valence-corrected chi connectivity index (χ1v) is 13.8. The van der Waals surface area contributed by atoms with Crippen molar-refractivity contribution in [3.63, 3.8) is 0 Å². The van der Waals surface area contributed by atoms with Gasteiger partial charge in [-0.15, -0.1) is 0 Å². The summed E-state index contributed by atoms with van der Waals surface area (Å²) in [6.45, 7) is 13.9. The summed E-state index contributed by atoms with van der Waals surface area (Å²) >= 11 is 0. The molecule has 0 radical (unpaired) electrons. The Kier molecular flexibility index (Phi) is 8.91. The van der Waals surface area contributed by atoms with Crippen LogP contribution in [0.15, 0.2) is 96.0 Å². The predicted octanol–water partition coefficient (Wildman–Crippen LogP) is 6.53. The SMILES string of the molecule is C=C1C(C)=CC=CN1/C(C(=O)NCc1ccc(N2CCN(c3ccc(C(F)(F)P)cc3)CC2)cc1)=C(\C)CC. The number of anilines is 2. The van der Waals surface area contributed by atoms with Gasteiger partial charge in [-0.3, -0.25) is 4.79 Å². The van der Waals surface area contributed by atoms with Crippen LogP contribution < -0.4 is 15.1 Å². The molecule has 2 aromatic carbocycles. The summed E-state index contributed by atoms with van der Waals surface area (Å²) in [4.78, 5) is 19.7. The zero-order valence-corrected chi connectivity index (χ0v) is 24.0. The number of amides is 1. The lowest BCUT2D eigenvalue weighted by Crippen LogP contribution is -2.46. The van der Waals surface area contributed by atoms with E-state index in [0.717, 1.165) is 66.4 Å². The third-order valence-electron chi connectivity index (χ3n) is 7.37. The molecule has 2 aliphatic rings. The van der Waals surface area contributed by atoms with E-state index in [1.54, 1.807) is 21.4 Å². The number of hydrogen-bond donors (Lipinski definition) is 1. The van der Waals surface area contributed by atoms with Gasteiger partial charge in [0.05, 0.1) is 0 Å². The summed E-state index contributed by atoms with van der Waals surface area (Å²) in [6, 6.07) is 14.8. The summed E-state index contributed by atoms with van der Waals surface area (Å²) in [5, 5.41) is 3.08. The number of carbonyl (C=O) groups excluding carboxylic acids is 1. The highest BCUT2D eigenvalue weighted by Gasteiger charge is 2.25. The number of alkyl halides is 2. The highest BCUT2D eigenvalue weighted by Crippen LogP contribution is 2.35. The molecule has 2 aliphatic heterocycles. The van der Waals surface area contributed by atoms with Crippen LogP contribution in [0.2, 0.25) is 0 Å². The topological polar surface area (TPSA) is 38.8 Å². The fourth-order valence-electron chi connectivity index (χ4n) is 4.74. The van der Waals surface area contributed by atoms with E-state index in [1.807, 2.05) is 56.2 Å². The third-order valence-corrected chi connectivity index (χ3v) is 7.70. The first kappa shape index (κ1) is 28.6. The molecule has 1 amide bonds. The molecule has 0 aromatic heterocycles. The van der Waals surface area contributed by atoms with Crippen molar-refractivity contribution in [2.75, 3.05) is 36.0 Å². The minimum absolute atomic E-state index is 0.0000472. The Hall–Kier alpha value is -3.44. The summed E-state index contributed by atoms with van der Waals surface area (Å²) in [6.07, 6.45) is 6.57. The molecule has 4 rings (SSSR count). The van der Waals surface area contributed by atoms with E-state index >= 15 is 0 Å². The lowest BCUT2D eigenvalue weighted by molar-refractivity contribution is -0.118. The molecule has 2 aromatic rings. The molecule has 1 fully saturated rings. The molecule has 0 bridgehead atoms. The number of benzene rings is 2. The van der Waals surface area contributed by atoms with Gasteiger partial charge < -0.3 is 20.0 Å². The first-order valence-electron chi connectivity index (χ1n) is 13.3. The van der Waals surface area contributed by atoms with Crippen molar-refractivity contribution >= 4 is 26.5 Å². The Bertz CT molecular complexity index is 1290. The van der Waals surface area contributed by atoms with Gasteiger partial charge in [-0.2, -0.15) is 8.78 Å². The molecular weight excluding hydrogens is 513 g/mol. The number of halogens is 2. The maximum Gasteiger partial charge on any atom is 0.283 e. The quantitative estimate of drug-likeness (QED) is 0.300. The van der Waals surface area contributed by atoms with E-state index in [4.69, 9.17) is 0 Å². The van der Waals surface area contributed by atoms with Crippen molar-refractivity contribution in [1.29, 1.82) is 0 Å². The number of carbonyl (C=O) groups is 1. The number of allylic oxidation sites excluding steroid dienone is 4. The van der Waals surface area contributed by atoms with Crippen LogP contribution in [0.3, 0.4) is 0 Å². The van der Waals surface area contributed by atoms with Crippen molar-refractivity contribution in [2.45, 2.75) is 39.4 Å². The normalized spacial score (nSPS) is 16.7. The predicted molar refractivity (Wildman–Crippen MR) is 160 cm³/mol. The van der Waals surface area contributed by atoms with Crippen LogP contribution in [0.5, 0.6) is 0 Å². The maximum atomic E-state index is 13.5. The monoisotopic (exact) mass is 550 g/mol. The fraction of sp³-hybridized carbons (Fsp3) is 0.323. The molecule has 0 saturated carbocycles. The van der Waals surface area contributed by atoms with E-state index in [2.05, 4.69) is 33.8 Å².